The summed E-state index contributed by atoms with van der Waals surface area (Å²) in [7, 11) is 0. The Labute approximate surface area is 119 Å². The number of ether oxygens (including phenoxy) is 1. The molecular formula is C13H12NO3S2-. The van der Waals surface area contributed by atoms with Gasteiger partial charge in [0.1, 0.15) is 12.4 Å². The van der Waals surface area contributed by atoms with Crippen LogP contribution < -0.4 is 9.84 Å². The predicted octanol–water partition coefficient (Wildman–Crippen LogP) is 2.03. The number of hydrogen-bond donors (Lipinski definition) is 0. The Hall–Kier alpha value is -1.66. The number of carboxylic acids is 1. The van der Waals surface area contributed by atoms with Gasteiger partial charge in [0.2, 0.25) is 0 Å². The van der Waals surface area contributed by atoms with Crippen molar-refractivity contribution in [2.24, 2.45) is 0 Å². The number of rotatable bonds is 5. The molecule has 2 rings (SSSR count). The Morgan fingerprint density at radius 3 is 2.68 bits per heavy atom. The van der Waals surface area contributed by atoms with E-state index in [-0.39, 0.29) is 4.88 Å². The van der Waals surface area contributed by atoms with Gasteiger partial charge in [-0.1, -0.05) is 18.2 Å². The van der Waals surface area contributed by atoms with Crippen molar-refractivity contribution in [2.45, 2.75) is 13.5 Å². The van der Waals surface area contributed by atoms with Crippen molar-refractivity contribution in [2.75, 3.05) is 6.61 Å². The molecule has 0 aliphatic carbocycles. The number of para-hydroxylation sites is 1. The lowest BCUT2D eigenvalue weighted by Gasteiger charge is -2.09. The summed E-state index contributed by atoms with van der Waals surface area (Å²) in [6, 6.07) is 9.44. The second-order valence-corrected chi connectivity index (χ2v) is 5.53. The Bertz CT molecular complexity index is 631. The van der Waals surface area contributed by atoms with Crippen LogP contribution in [0.15, 0.2) is 30.3 Å². The van der Waals surface area contributed by atoms with Crippen LogP contribution in [-0.2, 0) is 6.54 Å². The normalized spacial score (nSPS) is 10.4. The highest BCUT2D eigenvalue weighted by Gasteiger charge is 2.09. The number of aromatic carboxylic acids is 1. The molecule has 0 fully saturated rings. The van der Waals surface area contributed by atoms with E-state index in [1.165, 1.54) is 0 Å². The molecule has 0 aliphatic rings. The lowest BCUT2D eigenvalue weighted by molar-refractivity contribution is -0.254. The van der Waals surface area contributed by atoms with Gasteiger partial charge in [0.15, 0.2) is 3.95 Å². The lowest BCUT2D eigenvalue weighted by atomic mass is 10.3. The minimum absolute atomic E-state index is 0.185. The Kier molecular flexibility index (Phi) is 4.34. The number of carbonyl (C=O) groups is 1. The highest BCUT2D eigenvalue weighted by molar-refractivity contribution is 7.73. The van der Waals surface area contributed by atoms with Crippen LogP contribution in [0.25, 0.3) is 0 Å². The van der Waals surface area contributed by atoms with Crippen LogP contribution >= 0.6 is 23.6 Å². The van der Waals surface area contributed by atoms with E-state index >= 15 is 0 Å². The quantitative estimate of drug-likeness (QED) is 0.792. The fourth-order valence-corrected chi connectivity index (χ4v) is 3.03. The summed E-state index contributed by atoms with van der Waals surface area (Å²) >= 11 is 6.20. The molecule has 6 heteroatoms. The molecule has 0 saturated carbocycles. The smallest absolute Gasteiger partial charge is 0.162 e. The maximum atomic E-state index is 10.9. The number of carbonyl (C=O) groups excluding carboxylic acids is 1. The van der Waals surface area contributed by atoms with Gasteiger partial charge >= 0.3 is 0 Å². The fourth-order valence-electron chi connectivity index (χ4n) is 1.70. The van der Waals surface area contributed by atoms with Gasteiger partial charge in [-0.05, 0) is 31.3 Å². The minimum atomic E-state index is -1.18. The van der Waals surface area contributed by atoms with E-state index in [1.54, 1.807) is 11.5 Å². The molecule has 19 heavy (non-hydrogen) atoms. The van der Waals surface area contributed by atoms with E-state index in [0.717, 1.165) is 17.1 Å². The van der Waals surface area contributed by atoms with Gasteiger partial charge in [-0.15, -0.1) is 11.3 Å². The van der Waals surface area contributed by atoms with E-state index in [9.17, 15) is 9.90 Å². The van der Waals surface area contributed by atoms with Crippen molar-refractivity contribution >= 4 is 29.5 Å². The van der Waals surface area contributed by atoms with Crippen molar-refractivity contribution in [1.29, 1.82) is 0 Å². The zero-order valence-electron chi connectivity index (χ0n) is 10.3. The number of hydrogen-bond acceptors (Lipinski definition) is 5. The van der Waals surface area contributed by atoms with Crippen molar-refractivity contribution in [3.8, 4) is 5.75 Å². The number of benzene rings is 1. The average molecular weight is 294 g/mol. The van der Waals surface area contributed by atoms with Crippen LogP contribution in [0.4, 0.5) is 0 Å². The fraction of sp³-hybridized carbons (Fsp3) is 0.231. The zero-order valence-corrected chi connectivity index (χ0v) is 11.9. The molecule has 1 aromatic carbocycles. The van der Waals surface area contributed by atoms with E-state index in [4.69, 9.17) is 17.0 Å². The summed E-state index contributed by atoms with van der Waals surface area (Å²) < 4.78 is 7.84. The minimum Gasteiger partial charge on any atom is -0.544 e. The third-order valence-electron chi connectivity index (χ3n) is 2.66. The van der Waals surface area contributed by atoms with Crippen LogP contribution in [0.5, 0.6) is 5.75 Å². The first-order valence-electron chi connectivity index (χ1n) is 5.69. The van der Waals surface area contributed by atoms with Crippen LogP contribution in [-0.4, -0.2) is 17.1 Å². The largest absolute Gasteiger partial charge is 0.544 e. The molecule has 0 saturated heterocycles. The van der Waals surface area contributed by atoms with E-state index in [2.05, 4.69) is 0 Å². The summed E-state index contributed by atoms with van der Waals surface area (Å²) in [6.45, 7) is 2.67. The van der Waals surface area contributed by atoms with Crippen molar-refractivity contribution < 1.29 is 14.6 Å². The number of aromatic nitrogens is 1. The third-order valence-corrected chi connectivity index (χ3v) is 4.19. The molecule has 0 aliphatic heterocycles. The second kappa shape index (κ2) is 5.99. The Balaban J connectivity index is 2.04. The molecule has 0 bridgehead atoms. The first kappa shape index (κ1) is 13.8. The maximum Gasteiger partial charge on any atom is 0.162 e. The molecule has 1 aromatic heterocycles. The number of thiazole rings is 1. The summed E-state index contributed by atoms with van der Waals surface area (Å²) in [4.78, 5) is 11.1. The monoisotopic (exact) mass is 294 g/mol. The molecule has 100 valence electrons. The van der Waals surface area contributed by atoms with Crippen LogP contribution in [0, 0.1) is 10.9 Å². The summed E-state index contributed by atoms with van der Waals surface area (Å²) in [5.74, 6) is -0.404. The summed E-state index contributed by atoms with van der Waals surface area (Å²) in [6.07, 6.45) is 0. The van der Waals surface area contributed by atoms with Crippen molar-refractivity contribution in [1.82, 2.24) is 4.57 Å². The van der Waals surface area contributed by atoms with Gasteiger partial charge in [0.25, 0.3) is 0 Å². The van der Waals surface area contributed by atoms with E-state index in [0.29, 0.717) is 22.8 Å². The number of carboxylic acid groups (broad SMARTS) is 1. The first-order chi connectivity index (χ1) is 9.09. The van der Waals surface area contributed by atoms with Gasteiger partial charge < -0.3 is 19.2 Å². The first-order valence-corrected chi connectivity index (χ1v) is 6.91. The topological polar surface area (TPSA) is 54.3 Å². The average Bonchev–Trinajstić information content (AvgIpc) is 2.68. The zero-order chi connectivity index (χ0) is 13.8. The Morgan fingerprint density at radius 1 is 1.42 bits per heavy atom. The lowest BCUT2D eigenvalue weighted by Crippen LogP contribution is -2.22. The molecular weight excluding hydrogens is 282 g/mol. The molecule has 0 spiro atoms. The van der Waals surface area contributed by atoms with Gasteiger partial charge in [-0.25, -0.2) is 0 Å². The Morgan fingerprint density at radius 2 is 2.11 bits per heavy atom. The highest BCUT2D eigenvalue weighted by atomic mass is 32.1. The van der Waals surface area contributed by atoms with Crippen LogP contribution in [0.1, 0.15) is 15.4 Å². The van der Waals surface area contributed by atoms with E-state index < -0.39 is 5.97 Å². The summed E-state index contributed by atoms with van der Waals surface area (Å²) in [5, 5.41) is 10.9. The maximum absolute atomic E-state index is 10.9. The molecule has 0 unspecified atom stereocenters. The molecule has 1 heterocycles. The SMILES string of the molecule is Cc1c(C(=O)[O-])sc(=S)n1CCOc1ccccc1. The standard InChI is InChI=1S/C13H13NO3S2/c1-9-11(12(15)16)19-13(18)14(9)7-8-17-10-5-3-2-4-6-10/h2-6H,7-8H2,1H3,(H,15,16)/p-1. The molecule has 0 amide bonds. The molecule has 4 nitrogen and oxygen atoms in total. The number of nitrogens with zero attached hydrogens (tertiary/aromatic N) is 1. The summed E-state index contributed by atoms with van der Waals surface area (Å²) in [5.41, 5.74) is 0.617. The predicted molar refractivity (Wildman–Crippen MR) is 74.1 cm³/mol. The van der Waals surface area contributed by atoms with Crippen LogP contribution in [0.2, 0.25) is 0 Å². The molecule has 0 radical (unpaired) electrons. The second-order valence-electron chi connectivity index (χ2n) is 3.88. The van der Waals surface area contributed by atoms with Crippen molar-refractivity contribution in [3.05, 3.63) is 44.9 Å². The van der Waals surface area contributed by atoms with Gasteiger partial charge in [0.05, 0.1) is 17.4 Å². The highest BCUT2D eigenvalue weighted by Crippen LogP contribution is 2.18. The van der Waals surface area contributed by atoms with Gasteiger partial charge in [-0.3, -0.25) is 0 Å². The van der Waals surface area contributed by atoms with E-state index in [1.807, 2.05) is 30.3 Å². The molecule has 0 atom stereocenters. The molecule has 2 aromatic rings. The van der Waals surface area contributed by atoms with Gasteiger partial charge in [-0.2, -0.15) is 0 Å². The molecule has 0 N–H and O–H groups in total. The van der Waals surface area contributed by atoms with Gasteiger partial charge in [0, 0.05) is 5.69 Å². The van der Waals surface area contributed by atoms with Crippen molar-refractivity contribution in [3.63, 3.8) is 0 Å². The third kappa shape index (κ3) is 3.21. The van der Waals surface area contributed by atoms with Crippen LogP contribution in [0.3, 0.4) is 0 Å².